The van der Waals surface area contributed by atoms with E-state index in [1.807, 2.05) is 0 Å². The molecule has 0 bridgehead atoms. The summed E-state index contributed by atoms with van der Waals surface area (Å²) in [4.78, 5) is 11.9. The number of carbonyl (C=O) groups is 1. The molecule has 5 nitrogen and oxygen atoms in total. The third-order valence-corrected chi connectivity index (χ3v) is 4.50. The van der Waals surface area contributed by atoms with Gasteiger partial charge in [0.2, 0.25) is 0 Å². The summed E-state index contributed by atoms with van der Waals surface area (Å²) in [5, 5.41) is 0. The summed E-state index contributed by atoms with van der Waals surface area (Å²) in [6.07, 6.45) is 8.66. The molecule has 0 saturated heterocycles. The standard InChI is InChI=1S/C15H28O5S/c1-3-4-5-6-11-19-15(16)14-9-7-13(8-10-14)12-20-21(2,17)18/h13-14H,3-12H2,1-2H3. The molecule has 0 heterocycles. The fourth-order valence-electron chi connectivity index (χ4n) is 2.60. The van der Waals surface area contributed by atoms with Gasteiger partial charge in [0.1, 0.15) is 0 Å². The first-order valence-corrected chi connectivity index (χ1v) is 9.75. The molecule has 0 amide bonds. The Morgan fingerprint density at radius 3 is 2.33 bits per heavy atom. The lowest BCUT2D eigenvalue weighted by atomic mass is 9.82. The second-order valence-corrected chi connectivity index (χ2v) is 7.58. The summed E-state index contributed by atoms with van der Waals surface area (Å²) in [6, 6.07) is 0. The van der Waals surface area contributed by atoms with Gasteiger partial charge in [-0.2, -0.15) is 8.42 Å². The average Bonchev–Trinajstić information content (AvgIpc) is 2.44. The van der Waals surface area contributed by atoms with E-state index in [4.69, 9.17) is 8.92 Å². The van der Waals surface area contributed by atoms with Crippen LogP contribution in [0.5, 0.6) is 0 Å². The smallest absolute Gasteiger partial charge is 0.308 e. The predicted octanol–water partition coefficient (Wildman–Crippen LogP) is 2.89. The molecule has 6 heteroatoms. The number of hydrogen-bond acceptors (Lipinski definition) is 5. The van der Waals surface area contributed by atoms with Crippen LogP contribution in [0.3, 0.4) is 0 Å². The molecule has 0 aromatic heterocycles. The molecular formula is C15H28O5S. The second-order valence-electron chi connectivity index (χ2n) is 5.93. The first kappa shape index (κ1) is 18.4. The zero-order valence-corrected chi connectivity index (χ0v) is 14.0. The van der Waals surface area contributed by atoms with Gasteiger partial charge in [0, 0.05) is 0 Å². The van der Waals surface area contributed by atoms with E-state index in [0.29, 0.717) is 6.61 Å². The summed E-state index contributed by atoms with van der Waals surface area (Å²) in [7, 11) is -3.36. The van der Waals surface area contributed by atoms with Gasteiger partial charge < -0.3 is 4.74 Å². The monoisotopic (exact) mass is 320 g/mol. The lowest BCUT2D eigenvalue weighted by Gasteiger charge is -2.26. The van der Waals surface area contributed by atoms with Gasteiger partial charge in [-0.3, -0.25) is 8.98 Å². The molecule has 1 fully saturated rings. The molecule has 0 unspecified atom stereocenters. The fraction of sp³-hybridized carbons (Fsp3) is 0.933. The summed E-state index contributed by atoms with van der Waals surface area (Å²) in [5.74, 6) is 0.118. The van der Waals surface area contributed by atoms with E-state index in [9.17, 15) is 13.2 Å². The lowest BCUT2D eigenvalue weighted by Crippen LogP contribution is -2.26. The van der Waals surface area contributed by atoms with E-state index in [2.05, 4.69) is 6.92 Å². The molecule has 0 aromatic carbocycles. The van der Waals surface area contributed by atoms with Crippen molar-refractivity contribution in [1.82, 2.24) is 0 Å². The third kappa shape index (κ3) is 8.41. The predicted molar refractivity (Wildman–Crippen MR) is 81.3 cm³/mol. The molecular weight excluding hydrogens is 292 g/mol. The number of rotatable bonds is 9. The zero-order valence-electron chi connectivity index (χ0n) is 13.2. The van der Waals surface area contributed by atoms with Crippen molar-refractivity contribution in [1.29, 1.82) is 0 Å². The van der Waals surface area contributed by atoms with E-state index in [-0.39, 0.29) is 24.4 Å². The average molecular weight is 320 g/mol. The maximum atomic E-state index is 11.9. The molecule has 1 rings (SSSR count). The van der Waals surface area contributed by atoms with Gasteiger partial charge in [-0.15, -0.1) is 0 Å². The number of hydrogen-bond donors (Lipinski definition) is 0. The molecule has 1 aliphatic rings. The molecule has 0 spiro atoms. The Morgan fingerprint density at radius 2 is 1.76 bits per heavy atom. The molecule has 0 N–H and O–H groups in total. The van der Waals surface area contributed by atoms with Crippen LogP contribution in [0.2, 0.25) is 0 Å². The van der Waals surface area contributed by atoms with Gasteiger partial charge >= 0.3 is 5.97 Å². The first-order chi connectivity index (χ1) is 9.92. The molecule has 0 atom stereocenters. The summed E-state index contributed by atoms with van der Waals surface area (Å²) in [5.41, 5.74) is 0. The van der Waals surface area contributed by atoms with Crippen molar-refractivity contribution in [2.75, 3.05) is 19.5 Å². The van der Waals surface area contributed by atoms with Gasteiger partial charge in [-0.05, 0) is 38.0 Å². The van der Waals surface area contributed by atoms with Crippen LogP contribution in [-0.2, 0) is 23.8 Å². The Kier molecular flexibility index (Phi) is 8.26. The van der Waals surface area contributed by atoms with Crippen molar-refractivity contribution in [3.8, 4) is 0 Å². The van der Waals surface area contributed by atoms with Crippen molar-refractivity contribution < 1.29 is 22.1 Å². The highest BCUT2D eigenvalue weighted by molar-refractivity contribution is 7.85. The van der Waals surface area contributed by atoms with Crippen LogP contribution >= 0.6 is 0 Å². The van der Waals surface area contributed by atoms with Crippen molar-refractivity contribution in [2.45, 2.75) is 58.3 Å². The SMILES string of the molecule is CCCCCCOC(=O)C1CCC(COS(C)(=O)=O)CC1. The van der Waals surface area contributed by atoms with Crippen molar-refractivity contribution in [3.05, 3.63) is 0 Å². The second kappa shape index (κ2) is 9.41. The van der Waals surface area contributed by atoms with E-state index < -0.39 is 10.1 Å². The fourth-order valence-corrected chi connectivity index (χ4v) is 3.04. The largest absolute Gasteiger partial charge is 0.465 e. The number of carbonyl (C=O) groups excluding carboxylic acids is 1. The van der Waals surface area contributed by atoms with E-state index in [0.717, 1.165) is 44.8 Å². The Balaban J connectivity index is 2.15. The van der Waals surface area contributed by atoms with E-state index in [1.165, 1.54) is 12.8 Å². The van der Waals surface area contributed by atoms with Crippen molar-refractivity contribution in [2.24, 2.45) is 11.8 Å². The van der Waals surface area contributed by atoms with Gasteiger partial charge in [-0.1, -0.05) is 26.2 Å². The quantitative estimate of drug-likeness (QED) is 0.371. The van der Waals surface area contributed by atoms with Gasteiger partial charge in [0.05, 0.1) is 25.4 Å². The Labute approximate surface area is 128 Å². The first-order valence-electron chi connectivity index (χ1n) is 7.93. The maximum absolute atomic E-state index is 11.9. The van der Waals surface area contributed by atoms with Crippen LogP contribution in [0.15, 0.2) is 0 Å². The summed E-state index contributed by atoms with van der Waals surface area (Å²) in [6.45, 7) is 2.91. The van der Waals surface area contributed by atoms with E-state index >= 15 is 0 Å². The minimum Gasteiger partial charge on any atom is -0.465 e. The van der Waals surface area contributed by atoms with Crippen LogP contribution in [0, 0.1) is 11.8 Å². The Morgan fingerprint density at radius 1 is 1.10 bits per heavy atom. The number of esters is 1. The molecule has 1 aliphatic carbocycles. The van der Waals surface area contributed by atoms with Crippen LogP contribution < -0.4 is 0 Å². The van der Waals surface area contributed by atoms with Crippen LogP contribution in [0.1, 0.15) is 58.3 Å². The zero-order chi connectivity index (χ0) is 15.7. The van der Waals surface area contributed by atoms with Gasteiger partial charge in [0.15, 0.2) is 0 Å². The minimum atomic E-state index is -3.36. The van der Waals surface area contributed by atoms with Gasteiger partial charge in [0.25, 0.3) is 10.1 Å². The molecule has 124 valence electrons. The lowest BCUT2D eigenvalue weighted by molar-refractivity contribution is -0.150. The normalized spacial score (nSPS) is 23.0. The number of unbranched alkanes of at least 4 members (excludes halogenated alkanes) is 3. The number of ether oxygens (including phenoxy) is 1. The van der Waals surface area contributed by atoms with Crippen LogP contribution in [0.25, 0.3) is 0 Å². The maximum Gasteiger partial charge on any atom is 0.308 e. The minimum absolute atomic E-state index is 0.0225. The molecule has 1 saturated carbocycles. The van der Waals surface area contributed by atoms with Crippen LogP contribution in [-0.4, -0.2) is 33.9 Å². The molecule has 21 heavy (non-hydrogen) atoms. The highest BCUT2D eigenvalue weighted by Gasteiger charge is 2.27. The molecule has 0 aromatic rings. The summed E-state index contributed by atoms with van der Waals surface area (Å²) >= 11 is 0. The highest BCUT2D eigenvalue weighted by atomic mass is 32.2. The molecule has 0 radical (unpaired) electrons. The van der Waals surface area contributed by atoms with Crippen molar-refractivity contribution in [3.63, 3.8) is 0 Å². The van der Waals surface area contributed by atoms with E-state index in [1.54, 1.807) is 0 Å². The third-order valence-electron chi connectivity index (χ3n) is 3.94. The molecule has 0 aliphatic heterocycles. The Hall–Kier alpha value is -0.620. The Bertz CT molecular complexity index is 396. The topological polar surface area (TPSA) is 69.7 Å². The summed E-state index contributed by atoms with van der Waals surface area (Å²) < 4.78 is 32.0. The van der Waals surface area contributed by atoms with Crippen LogP contribution in [0.4, 0.5) is 0 Å². The van der Waals surface area contributed by atoms with Gasteiger partial charge in [-0.25, -0.2) is 0 Å². The highest BCUT2D eigenvalue weighted by Crippen LogP contribution is 2.30. The van der Waals surface area contributed by atoms with Crippen molar-refractivity contribution >= 4 is 16.1 Å².